The molecule has 2 aromatic carbocycles. The average molecular weight is 358 g/mol. The van der Waals surface area contributed by atoms with Crippen LogP contribution in [0, 0.1) is 6.92 Å². The Hall–Kier alpha value is -2.76. The van der Waals surface area contributed by atoms with Crippen molar-refractivity contribution in [1.82, 2.24) is 9.88 Å². The number of benzene rings is 2. The van der Waals surface area contributed by atoms with E-state index in [2.05, 4.69) is 5.32 Å². The number of nitrogens with zero attached hydrogens (tertiary/aromatic N) is 1. The Morgan fingerprint density at radius 3 is 2.50 bits per heavy atom. The van der Waals surface area contributed by atoms with Crippen LogP contribution in [-0.2, 0) is 12.7 Å². The first-order chi connectivity index (χ1) is 12.4. The van der Waals surface area contributed by atoms with Gasteiger partial charge in [-0.3, -0.25) is 4.79 Å². The fourth-order valence-corrected chi connectivity index (χ4v) is 3.69. The van der Waals surface area contributed by atoms with E-state index in [-0.39, 0.29) is 5.91 Å². The Morgan fingerprint density at radius 2 is 1.81 bits per heavy atom. The van der Waals surface area contributed by atoms with Crippen molar-refractivity contribution >= 4 is 16.8 Å². The molecule has 1 aliphatic heterocycles. The van der Waals surface area contributed by atoms with E-state index in [0.29, 0.717) is 24.3 Å². The summed E-state index contributed by atoms with van der Waals surface area (Å²) >= 11 is 0. The molecule has 26 heavy (non-hydrogen) atoms. The summed E-state index contributed by atoms with van der Waals surface area (Å²) < 4.78 is 40.5. The van der Waals surface area contributed by atoms with Crippen LogP contribution < -0.4 is 5.32 Å². The molecule has 0 saturated carbocycles. The molecule has 0 aliphatic carbocycles. The zero-order chi connectivity index (χ0) is 18.5. The second-order valence-electron chi connectivity index (χ2n) is 6.51. The SMILES string of the molecule is Cc1c2n(c3c(-c4ccc(C(F)(F)F)cc4)cccc13)CCCNC2=O. The van der Waals surface area contributed by atoms with Gasteiger partial charge < -0.3 is 9.88 Å². The summed E-state index contributed by atoms with van der Waals surface area (Å²) in [4.78, 5) is 12.4. The van der Waals surface area contributed by atoms with Gasteiger partial charge in [0.2, 0.25) is 0 Å². The Kier molecular flexibility index (Phi) is 3.79. The third kappa shape index (κ3) is 2.57. The van der Waals surface area contributed by atoms with Crippen LogP contribution in [0.25, 0.3) is 22.0 Å². The van der Waals surface area contributed by atoms with Crippen LogP contribution in [0.3, 0.4) is 0 Å². The quantitative estimate of drug-likeness (QED) is 0.668. The zero-order valence-electron chi connectivity index (χ0n) is 14.2. The number of aryl methyl sites for hydroxylation is 2. The first-order valence-corrected chi connectivity index (χ1v) is 8.45. The Morgan fingerprint density at radius 1 is 1.08 bits per heavy atom. The molecule has 134 valence electrons. The maximum atomic E-state index is 12.8. The van der Waals surface area contributed by atoms with E-state index in [1.54, 1.807) is 0 Å². The highest BCUT2D eigenvalue weighted by Crippen LogP contribution is 2.36. The molecule has 0 bridgehead atoms. The van der Waals surface area contributed by atoms with E-state index >= 15 is 0 Å². The number of alkyl halides is 3. The van der Waals surface area contributed by atoms with Crippen molar-refractivity contribution in [3.63, 3.8) is 0 Å². The van der Waals surface area contributed by atoms with E-state index in [0.717, 1.165) is 40.6 Å². The van der Waals surface area contributed by atoms with Crippen molar-refractivity contribution in [3.05, 3.63) is 59.3 Å². The van der Waals surface area contributed by atoms with E-state index in [1.165, 1.54) is 12.1 Å². The predicted molar refractivity (Wildman–Crippen MR) is 94.1 cm³/mol. The maximum Gasteiger partial charge on any atom is 0.416 e. The van der Waals surface area contributed by atoms with Gasteiger partial charge in [-0.15, -0.1) is 0 Å². The molecule has 0 atom stereocenters. The molecule has 1 N–H and O–H groups in total. The summed E-state index contributed by atoms with van der Waals surface area (Å²) in [6, 6.07) is 10.9. The molecule has 0 fully saturated rings. The minimum absolute atomic E-state index is 0.102. The van der Waals surface area contributed by atoms with E-state index < -0.39 is 11.7 Å². The van der Waals surface area contributed by atoms with Crippen LogP contribution in [0.15, 0.2) is 42.5 Å². The summed E-state index contributed by atoms with van der Waals surface area (Å²) in [6.45, 7) is 3.22. The van der Waals surface area contributed by atoms with Gasteiger partial charge in [-0.25, -0.2) is 0 Å². The fourth-order valence-electron chi connectivity index (χ4n) is 3.69. The highest BCUT2D eigenvalue weighted by molar-refractivity contribution is 6.05. The first kappa shape index (κ1) is 16.7. The topological polar surface area (TPSA) is 34.0 Å². The van der Waals surface area contributed by atoms with Crippen LogP contribution >= 0.6 is 0 Å². The molecule has 3 aromatic rings. The molecule has 1 amide bonds. The van der Waals surface area contributed by atoms with Crippen molar-refractivity contribution in [3.8, 4) is 11.1 Å². The molecule has 0 unspecified atom stereocenters. The molecular formula is C20H17F3N2O. The van der Waals surface area contributed by atoms with Gasteiger partial charge in [0.25, 0.3) is 5.91 Å². The Balaban J connectivity index is 1.94. The Bertz CT molecular complexity index is 1000. The lowest BCUT2D eigenvalue weighted by Crippen LogP contribution is -2.23. The van der Waals surface area contributed by atoms with Crippen LogP contribution in [0.1, 0.15) is 28.0 Å². The molecule has 6 heteroatoms. The molecule has 2 heterocycles. The van der Waals surface area contributed by atoms with Crippen molar-refractivity contribution in [1.29, 1.82) is 0 Å². The van der Waals surface area contributed by atoms with E-state index in [4.69, 9.17) is 0 Å². The molecule has 0 saturated heterocycles. The van der Waals surface area contributed by atoms with Gasteiger partial charge in [-0.2, -0.15) is 13.2 Å². The van der Waals surface area contributed by atoms with Crippen molar-refractivity contribution in [2.75, 3.05) is 6.54 Å². The van der Waals surface area contributed by atoms with Gasteiger partial charge in [-0.1, -0.05) is 30.3 Å². The normalized spacial score (nSPS) is 14.8. The number of nitrogens with one attached hydrogen (secondary N) is 1. The van der Waals surface area contributed by atoms with Crippen molar-refractivity contribution in [2.45, 2.75) is 26.1 Å². The number of para-hydroxylation sites is 1. The monoisotopic (exact) mass is 358 g/mol. The molecule has 1 aliphatic rings. The van der Waals surface area contributed by atoms with Crippen LogP contribution in [0.2, 0.25) is 0 Å². The molecular weight excluding hydrogens is 341 g/mol. The standard InChI is InChI=1S/C20H17F3N2O/c1-12-15-4-2-5-16(13-6-8-14(9-7-13)20(21,22)23)18(15)25-11-3-10-24-19(26)17(12)25/h2,4-9H,3,10-11H2,1H3,(H,24,26). The predicted octanol–water partition coefficient (Wildman–Crippen LogP) is 4.77. The number of halogens is 3. The van der Waals surface area contributed by atoms with Gasteiger partial charge in [0.15, 0.2) is 0 Å². The lowest BCUT2D eigenvalue weighted by atomic mass is 10.0. The number of hydrogen-bond donors (Lipinski definition) is 1. The molecule has 0 spiro atoms. The summed E-state index contributed by atoms with van der Waals surface area (Å²) in [5.74, 6) is -0.102. The lowest BCUT2D eigenvalue weighted by Gasteiger charge is -2.11. The Labute approximate surface area is 148 Å². The van der Waals surface area contributed by atoms with E-state index in [9.17, 15) is 18.0 Å². The highest BCUT2D eigenvalue weighted by atomic mass is 19.4. The molecule has 1 aromatic heterocycles. The lowest BCUT2D eigenvalue weighted by molar-refractivity contribution is -0.137. The number of aromatic nitrogens is 1. The van der Waals surface area contributed by atoms with Crippen LogP contribution in [-0.4, -0.2) is 17.0 Å². The summed E-state index contributed by atoms with van der Waals surface area (Å²) in [6.07, 6.45) is -3.55. The third-order valence-corrected chi connectivity index (χ3v) is 4.92. The zero-order valence-corrected chi connectivity index (χ0v) is 14.2. The summed E-state index contributed by atoms with van der Waals surface area (Å²) in [5.41, 5.74) is 3.30. The number of amides is 1. The van der Waals surface area contributed by atoms with Gasteiger partial charge in [0.05, 0.1) is 11.1 Å². The highest BCUT2D eigenvalue weighted by Gasteiger charge is 2.30. The van der Waals surface area contributed by atoms with Crippen LogP contribution in [0.4, 0.5) is 13.2 Å². The number of fused-ring (bicyclic) bond motifs is 3. The largest absolute Gasteiger partial charge is 0.416 e. The molecule has 4 rings (SSSR count). The fraction of sp³-hybridized carbons (Fsp3) is 0.250. The second kappa shape index (κ2) is 5.90. The minimum Gasteiger partial charge on any atom is -0.351 e. The summed E-state index contributed by atoms with van der Waals surface area (Å²) in [7, 11) is 0. The maximum absolute atomic E-state index is 12.8. The van der Waals surface area contributed by atoms with Gasteiger partial charge in [0, 0.05) is 24.0 Å². The second-order valence-corrected chi connectivity index (χ2v) is 6.51. The first-order valence-electron chi connectivity index (χ1n) is 8.45. The number of carbonyl (C=O) groups excluding carboxylic acids is 1. The van der Waals surface area contributed by atoms with Crippen LogP contribution in [0.5, 0.6) is 0 Å². The smallest absolute Gasteiger partial charge is 0.351 e. The van der Waals surface area contributed by atoms with Crippen molar-refractivity contribution < 1.29 is 18.0 Å². The summed E-state index contributed by atoms with van der Waals surface area (Å²) in [5, 5.41) is 3.85. The molecule has 3 nitrogen and oxygen atoms in total. The number of carbonyl (C=O) groups is 1. The number of rotatable bonds is 1. The van der Waals surface area contributed by atoms with Gasteiger partial charge in [0.1, 0.15) is 5.69 Å². The average Bonchev–Trinajstić information content (AvgIpc) is 2.76. The van der Waals surface area contributed by atoms with Crippen molar-refractivity contribution in [2.24, 2.45) is 0 Å². The number of hydrogen-bond acceptors (Lipinski definition) is 1. The van der Waals surface area contributed by atoms with Gasteiger partial charge >= 0.3 is 6.18 Å². The van der Waals surface area contributed by atoms with E-state index in [1.807, 2.05) is 29.7 Å². The van der Waals surface area contributed by atoms with Gasteiger partial charge in [-0.05, 0) is 36.6 Å². The molecule has 0 radical (unpaired) electrons. The third-order valence-electron chi connectivity index (χ3n) is 4.92. The minimum atomic E-state index is -4.36.